The maximum atomic E-state index is 6.20. The summed E-state index contributed by atoms with van der Waals surface area (Å²) in [6, 6.07) is 50.6. The number of para-hydroxylation sites is 2. The number of anilines is 4. The zero-order valence-corrected chi connectivity index (χ0v) is 24.8. The molecule has 0 atom stereocenters. The van der Waals surface area contributed by atoms with Crippen LogP contribution in [0.2, 0.25) is 0 Å². The molecule has 4 heteroatoms. The van der Waals surface area contributed by atoms with Crippen LogP contribution in [0.3, 0.4) is 0 Å². The Bertz CT molecular complexity index is 1710. The van der Waals surface area contributed by atoms with Crippen molar-refractivity contribution in [3.8, 4) is 33.4 Å². The molecule has 6 aromatic carbocycles. The molecule has 6 rings (SSSR count). The van der Waals surface area contributed by atoms with Gasteiger partial charge in [-0.1, -0.05) is 103 Å². The lowest BCUT2D eigenvalue weighted by atomic mass is 9.89. The molecular weight excluding hydrogens is 620 g/mol. The Kier molecular flexibility index (Phi) is 7.54. The van der Waals surface area contributed by atoms with Crippen molar-refractivity contribution in [2.75, 3.05) is 10.6 Å². The molecule has 0 unspecified atom stereocenters. The highest BCUT2D eigenvalue weighted by Crippen LogP contribution is 2.52. The summed E-state index contributed by atoms with van der Waals surface area (Å²) in [5.74, 6) is 0. The summed E-state index contributed by atoms with van der Waals surface area (Å²) in [5.41, 5.74) is 16.8. The van der Waals surface area contributed by atoms with E-state index in [1.165, 1.54) is 0 Å². The molecular formula is C36H26Br2N2. The van der Waals surface area contributed by atoms with Crippen LogP contribution in [0.4, 0.5) is 22.7 Å². The molecule has 0 heterocycles. The van der Waals surface area contributed by atoms with E-state index in [0.717, 1.165) is 59.4 Å². The van der Waals surface area contributed by atoms with Crippen LogP contribution in [0.1, 0.15) is 0 Å². The van der Waals surface area contributed by atoms with Gasteiger partial charge in [-0.05, 0) is 96.6 Å². The Morgan fingerprint density at radius 1 is 0.475 bits per heavy atom. The summed E-state index contributed by atoms with van der Waals surface area (Å²) in [6.45, 7) is 0. The first-order valence-corrected chi connectivity index (χ1v) is 14.6. The van der Waals surface area contributed by atoms with E-state index in [1.54, 1.807) is 0 Å². The fourth-order valence-corrected chi connectivity index (χ4v) is 6.28. The van der Waals surface area contributed by atoms with E-state index in [1.807, 2.05) is 6.07 Å². The van der Waals surface area contributed by atoms with Crippen molar-refractivity contribution < 1.29 is 0 Å². The van der Waals surface area contributed by atoms with Gasteiger partial charge in [0.25, 0.3) is 0 Å². The lowest BCUT2D eigenvalue weighted by Crippen LogP contribution is -2.12. The Balaban J connectivity index is 1.76. The lowest BCUT2D eigenvalue weighted by molar-refractivity contribution is 1.27. The summed E-state index contributed by atoms with van der Waals surface area (Å²) in [5, 5.41) is 0. The van der Waals surface area contributed by atoms with Crippen molar-refractivity contribution in [1.29, 1.82) is 0 Å². The van der Waals surface area contributed by atoms with E-state index in [9.17, 15) is 0 Å². The van der Waals surface area contributed by atoms with E-state index >= 15 is 0 Å². The Hall–Kier alpha value is -4.12. The van der Waals surface area contributed by atoms with Crippen molar-refractivity contribution in [3.63, 3.8) is 0 Å². The first kappa shape index (κ1) is 26.1. The minimum atomic E-state index is 0.711. The smallest absolute Gasteiger partial charge is 0.0688 e. The van der Waals surface area contributed by atoms with Gasteiger partial charge in [-0.3, -0.25) is 0 Å². The molecule has 0 spiro atoms. The normalized spacial score (nSPS) is 10.8. The molecule has 0 saturated carbocycles. The van der Waals surface area contributed by atoms with Gasteiger partial charge in [-0.15, -0.1) is 0 Å². The third-order valence-corrected chi connectivity index (χ3v) is 8.41. The van der Waals surface area contributed by atoms with Gasteiger partial charge in [0.2, 0.25) is 0 Å². The van der Waals surface area contributed by atoms with E-state index in [4.69, 9.17) is 5.73 Å². The monoisotopic (exact) mass is 644 g/mol. The lowest BCUT2D eigenvalue weighted by Gasteiger charge is -2.31. The van der Waals surface area contributed by atoms with E-state index in [2.05, 4.69) is 176 Å². The number of benzene rings is 6. The molecule has 0 aliphatic carbocycles. The molecule has 2 N–H and O–H groups in total. The number of rotatable bonds is 6. The highest BCUT2D eigenvalue weighted by Gasteiger charge is 2.25. The van der Waals surface area contributed by atoms with Gasteiger partial charge in [0, 0.05) is 32.7 Å². The molecule has 0 saturated heterocycles. The van der Waals surface area contributed by atoms with Crippen LogP contribution in [-0.2, 0) is 0 Å². The Morgan fingerprint density at radius 2 is 0.975 bits per heavy atom. The van der Waals surface area contributed by atoms with Crippen molar-refractivity contribution in [2.24, 2.45) is 0 Å². The molecule has 2 nitrogen and oxygen atoms in total. The second-order valence-corrected chi connectivity index (χ2v) is 11.1. The van der Waals surface area contributed by atoms with E-state index in [-0.39, 0.29) is 0 Å². The second kappa shape index (κ2) is 11.5. The van der Waals surface area contributed by atoms with E-state index in [0.29, 0.717) is 5.69 Å². The van der Waals surface area contributed by atoms with Crippen LogP contribution in [0.15, 0.2) is 155 Å². The highest BCUT2D eigenvalue weighted by molar-refractivity contribution is 9.11. The number of nitrogens with two attached hydrogens (primary N) is 1. The van der Waals surface area contributed by atoms with Crippen molar-refractivity contribution in [2.45, 2.75) is 0 Å². The van der Waals surface area contributed by atoms with Crippen molar-refractivity contribution in [1.82, 2.24) is 0 Å². The Morgan fingerprint density at radius 3 is 1.50 bits per heavy atom. The molecule has 0 radical (unpaired) electrons. The summed E-state index contributed by atoms with van der Waals surface area (Å²) in [6.07, 6.45) is 0. The average Bonchev–Trinajstić information content (AvgIpc) is 3.01. The molecule has 0 aliphatic rings. The number of hydrogen-bond donors (Lipinski definition) is 1. The third kappa shape index (κ3) is 5.08. The van der Waals surface area contributed by atoms with Gasteiger partial charge in [0.05, 0.1) is 10.2 Å². The second-order valence-electron chi connectivity index (χ2n) is 9.48. The maximum absolute atomic E-state index is 6.20. The summed E-state index contributed by atoms with van der Waals surface area (Å²) in [4.78, 5) is 2.33. The molecule has 194 valence electrons. The summed E-state index contributed by atoms with van der Waals surface area (Å²) < 4.78 is 1.89. The number of nitrogens with zero attached hydrogens (tertiary/aromatic N) is 1. The standard InChI is InChI=1S/C36H26Br2N2/c37-32-23-27(21-22-33(32)39)30-24-31(25-13-5-1-6-14-25)36(35(38)34(30)26-15-7-2-8-16-26)40(28-17-9-3-10-18-28)29-19-11-4-12-20-29/h1-24H,39H2. The van der Waals surface area contributed by atoms with Crippen LogP contribution in [-0.4, -0.2) is 0 Å². The first-order valence-electron chi connectivity index (χ1n) is 13.0. The van der Waals surface area contributed by atoms with Crippen LogP contribution >= 0.6 is 31.9 Å². The predicted octanol–water partition coefficient (Wildman–Crippen LogP) is 11.3. The first-order chi connectivity index (χ1) is 19.6. The zero-order chi connectivity index (χ0) is 27.5. The average molecular weight is 646 g/mol. The molecule has 0 bridgehead atoms. The molecule has 0 aromatic heterocycles. The van der Waals surface area contributed by atoms with Crippen molar-refractivity contribution in [3.05, 3.63) is 155 Å². The third-order valence-electron chi connectivity index (χ3n) is 6.95. The fraction of sp³-hybridized carbons (Fsp3) is 0. The minimum Gasteiger partial charge on any atom is -0.398 e. The van der Waals surface area contributed by atoms with Gasteiger partial charge in [-0.25, -0.2) is 0 Å². The minimum absolute atomic E-state index is 0.711. The topological polar surface area (TPSA) is 29.3 Å². The molecule has 0 amide bonds. The van der Waals surface area contributed by atoms with Gasteiger partial charge in [0.15, 0.2) is 0 Å². The Labute approximate surface area is 252 Å². The predicted molar refractivity (Wildman–Crippen MR) is 177 cm³/mol. The summed E-state index contributed by atoms with van der Waals surface area (Å²) in [7, 11) is 0. The van der Waals surface area contributed by atoms with Crippen LogP contribution in [0, 0.1) is 0 Å². The fourth-order valence-electron chi connectivity index (χ4n) is 5.07. The van der Waals surface area contributed by atoms with Gasteiger partial charge in [0.1, 0.15) is 0 Å². The number of hydrogen-bond acceptors (Lipinski definition) is 2. The highest BCUT2D eigenvalue weighted by atomic mass is 79.9. The van der Waals surface area contributed by atoms with Crippen LogP contribution in [0.25, 0.3) is 33.4 Å². The number of halogens is 2. The quantitative estimate of drug-likeness (QED) is 0.183. The van der Waals surface area contributed by atoms with Gasteiger partial charge in [-0.2, -0.15) is 0 Å². The van der Waals surface area contributed by atoms with Crippen molar-refractivity contribution >= 4 is 54.6 Å². The van der Waals surface area contributed by atoms with Crippen LogP contribution < -0.4 is 10.6 Å². The van der Waals surface area contributed by atoms with Gasteiger partial charge < -0.3 is 10.6 Å². The zero-order valence-electron chi connectivity index (χ0n) is 21.6. The molecule has 40 heavy (non-hydrogen) atoms. The van der Waals surface area contributed by atoms with Crippen LogP contribution in [0.5, 0.6) is 0 Å². The van der Waals surface area contributed by atoms with Gasteiger partial charge >= 0.3 is 0 Å². The molecule has 6 aromatic rings. The maximum Gasteiger partial charge on any atom is 0.0688 e. The summed E-state index contributed by atoms with van der Waals surface area (Å²) >= 11 is 7.82. The number of nitrogen functional groups attached to an aromatic ring is 1. The SMILES string of the molecule is Nc1ccc(-c2cc(-c3ccccc3)c(N(c3ccccc3)c3ccccc3)c(Br)c2-c2ccccc2)cc1Br. The molecule has 0 fully saturated rings. The van der Waals surface area contributed by atoms with E-state index < -0.39 is 0 Å². The largest absolute Gasteiger partial charge is 0.398 e. The molecule has 0 aliphatic heterocycles.